The maximum Gasteiger partial charge on any atom is 0.328 e. The zero-order chi connectivity index (χ0) is 24.2. The molecular formula is C23H26ClN5O5. The first-order valence-corrected chi connectivity index (χ1v) is 10.3. The summed E-state index contributed by atoms with van der Waals surface area (Å²) in [6, 6.07) is 15.0. The largest absolute Gasteiger partial charge is 0.481 e. The van der Waals surface area contributed by atoms with E-state index in [0.29, 0.717) is 11.1 Å². The van der Waals surface area contributed by atoms with Gasteiger partial charge in [-0.25, -0.2) is 4.79 Å². The van der Waals surface area contributed by atoms with Crippen molar-refractivity contribution in [3.63, 3.8) is 0 Å². The van der Waals surface area contributed by atoms with Gasteiger partial charge in [-0.3, -0.25) is 24.7 Å². The first-order valence-electron chi connectivity index (χ1n) is 10.3. The van der Waals surface area contributed by atoms with Gasteiger partial charge in [0.15, 0.2) is 0 Å². The molecule has 1 saturated heterocycles. The first kappa shape index (κ1) is 26.3. The standard InChI is InChI=1S/C23H25N5O5.ClH/c1-23(17-9-7-16(8-10-17)20(24)25)21(32)27(14-18(29)26-12-11-19(30)31)22(33)28(23)13-15-5-3-2-4-6-15;/h2-10H,11-14H2,1H3,(H3,24,25)(H,26,29)(H,30,31);1H. The second-order valence-electron chi connectivity index (χ2n) is 7.80. The van der Waals surface area contributed by atoms with E-state index in [1.54, 1.807) is 31.2 Å². The number of carbonyl (C=O) groups excluding carboxylic acids is 3. The molecule has 0 aromatic heterocycles. The molecule has 4 amide bonds. The van der Waals surface area contributed by atoms with Crippen LogP contribution in [0.1, 0.15) is 30.0 Å². The summed E-state index contributed by atoms with van der Waals surface area (Å²) in [5.41, 5.74) is 5.92. The summed E-state index contributed by atoms with van der Waals surface area (Å²) in [6.07, 6.45) is -0.270. The van der Waals surface area contributed by atoms with Crippen LogP contribution in [-0.2, 0) is 26.5 Å². The highest BCUT2D eigenvalue weighted by Gasteiger charge is 2.55. The fraction of sp³-hybridized carbons (Fsp3) is 0.261. The highest BCUT2D eigenvalue weighted by molar-refractivity contribution is 6.09. The summed E-state index contributed by atoms with van der Waals surface area (Å²) < 4.78 is 0. The number of halogens is 1. The number of imide groups is 1. The molecule has 10 nitrogen and oxygen atoms in total. The highest BCUT2D eigenvalue weighted by Crippen LogP contribution is 2.38. The van der Waals surface area contributed by atoms with E-state index in [1.807, 2.05) is 30.3 Å². The molecule has 5 N–H and O–H groups in total. The molecule has 0 radical (unpaired) electrons. The molecule has 180 valence electrons. The lowest BCUT2D eigenvalue weighted by Gasteiger charge is -2.32. The van der Waals surface area contributed by atoms with Crippen LogP contribution in [0.15, 0.2) is 54.6 Å². The van der Waals surface area contributed by atoms with E-state index < -0.39 is 35.9 Å². The number of carbonyl (C=O) groups is 4. The van der Waals surface area contributed by atoms with Gasteiger partial charge in [0.2, 0.25) is 5.91 Å². The maximum absolute atomic E-state index is 13.5. The number of aliphatic carboxylic acids is 1. The van der Waals surface area contributed by atoms with Crippen LogP contribution < -0.4 is 11.1 Å². The van der Waals surface area contributed by atoms with Gasteiger partial charge in [-0.05, 0) is 18.1 Å². The molecule has 1 aliphatic heterocycles. The van der Waals surface area contributed by atoms with Gasteiger partial charge in [-0.2, -0.15) is 0 Å². The van der Waals surface area contributed by atoms with Gasteiger partial charge in [0.05, 0.1) is 6.42 Å². The predicted molar refractivity (Wildman–Crippen MR) is 126 cm³/mol. The van der Waals surface area contributed by atoms with E-state index in [1.165, 1.54) is 4.90 Å². The fourth-order valence-corrected chi connectivity index (χ4v) is 3.70. The van der Waals surface area contributed by atoms with E-state index in [9.17, 15) is 19.2 Å². The SMILES string of the molecule is CC1(c2ccc(C(=N)N)cc2)C(=O)N(CC(=O)NCCC(=O)O)C(=O)N1Cc1ccccc1.Cl. The van der Waals surface area contributed by atoms with Gasteiger partial charge in [0.1, 0.15) is 17.9 Å². The normalized spacial score (nSPS) is 17.3. The zero-order valence-electron chi connectivity index (χ0n) is 18.5. The minimum absolute atomic E-state index is 0. The Balaban J connectivity index is 0.00000408. The molecular weight excluding hydrogens is 462 g/mol. The quantitative estimate of drug-likeness (QED) is 0.239. The number of nitrogen functional groups attached to an aromatic ring is 1. The number of amides is 4. The van der Waals surface area contributed by atoms with E-state index >= 15 is 0 Å². The molecule has 1 fully saturated rings. The van der Waals surface area contributed by atoms with Crippen molar-refractivity contribution in [3.05, 3.63) is 71.3 Å². The van der Waals surface area contributed by atoms with Gasteiger partial charge in [-0.15, -0.1) is 12.4 Å². The van der Waals surface area contributed by atoms with Crippen molar-refractivity contribution in [1.29, 1.82) is 5.41 Å². The van der Waals surface area contributed by atoms with Crippen LogP contribution in [0.25, 0.3) is 0 Å². The maximum atomic E-state index is 13.5. The molecule has 1 unspecified atom stereocenters. The lowest BCUT2D eigenvalue weighted by atomic mass is 9.89. The summed E-state index contributed by atoms with van der Waals surface area (Å²) in [7, 11) is 0. The Labute approximate surface area is 202 Å². The van der Waals surface area contributed by atoms with Crippen molar-refractivity contribution in [2.24, 2.45) is 5.73 Å². The van der Waals surface area contributed by atoms with E-state index in [2.05, 4.69) is 5.32 Å². The lowest BCUT2D eigenvalue weighted by Crippen LogP contribution is -2.44. The molecule has 2 aromatic carbocycles. The predicted octanol–water partition coefficient (Wildman–Crippen LogP) is 1.66. The summed E-state index contributed by atoms with van der Waals surface area (Å²) in [6.45, 7) is 1.11. The smallest absolute Gasteiger partial charge is 0.328 e. The molecule has 3 rings (SSSR count). The third kappa shape index (κ3) is 5.34. The average Bonchev–Trinajstić information content (AvgIpc) is 2.96. The van der Waals surface area contributed by atoms with Gasteiger partial charge in [0, 0.05) is 18.7 Å². The average molecular weight is 488 g/mol. The second kappa shape index (κ2) is 10.8. The number of benzene rings is 2. The molecule has 34 heavy (non-hydrogen) atoms. The van der Waals surface area contributed by atoms with Crippen LogP contribution >= 0.6 is 12.4 Å². The van der Waals surface area contributed by atoms with Gasteiger partial charge >= 0.3 is 12.0 Å². The summed E-state index contributed by atoms with van der Waals surface area (Å²) >= 11 is 0. The number of nitrogens with one attached hydrogen (secondary N) is 2. The van der Waals surface area contributed by atoms with Crippen molar-refractivity contribution in [3.8, 4) is 0 Å². The molecule has 0 aliphatic carbocycles. The topological polar surface area (TPSA) is 157 Å². The highest BCUT2D eigenvalue weighted by atomic mass is 35.5. The van der Waals surface area contributed by atoms with Crippen molar-refractivity contribution in [2.75, 3.05) is 13.1 Å². The van der Waals surface area contributed by atoms with Crippen LogP contribution in [0.2, 0.25) is 0 Å². The van der Waals surface area contributed by atoms with Crippen molar-refractivity contribution >= 4 is 42.1 Å². The second-order valence-corrected chi connectivity index (χ2v) is 7.80. The number of nitrogens with zero attached hydrogens (tertiary/aromatic N) is 2. The van der Waals surface area contributed by atoms with Crippen molar-refractivity contribution < 1.29 is 24.3 Å². The fourth-order valence-electron chi connectivity index (χ4n) is 3.70. The number of nitrogens with two attached hydrogens (primary N) is 1. The van der Waals surface area contributed by atoms with Crippen LogP contribution in [0.5, 0.6) is 0 Å². The Hall–Kier alpha value is -3.92. The van der Waals surface area contributed by atoms with E-state index in [4.69, 9.17) is 16.2 Å². The van der Waals surface area contributed by atoms with Crippen LogP contribution in [0.3, 0.4) is 0 Å². The number of carboxylic acid groups (broad SMARTS) is 1. The monoisotopic (exact) mass is 487 g/mol. The van der Waals surface area contributed by atoms with Crippen LogP contribution in [0, 0.1) is 5.41 Å². The Morgan fingerprint density at radius 2 is 1.71 bits per heavy atom. The zero-order valence-corrected chi connectivity index (χ0v) is 19.3. The van der Waals surface area contributed by atoms with Crippen molar-refractivity contribution in [1.82, 2.24) is 15.1 Å². The molecule has 1 aliphatic rings. The number of urea groups is 1. The van der Waals surface area contributed by atoms with Crippen LogP contribution in [0.4, 0.5) is 4.79 Å². The summed E-state index contributed by atoms with van der Waals surface area (Å²) in [4.78, 5) is 52.0. The van der Waals surface area contributed by atoms with Crippen LogP contribution in [-0.4, -0.2) is 57.6 Å². The number of amidine groups is 1. The first-order chi connectivity index (χ1) is 15.6. The lowest BCUT2D eigenvalue weighted by molar-refractivity contribution is -0.138. The number of rotatable bonds is 9. The minimum atomic E-state index is -1.40. The molecule has 1 heterocycles. The molecule has 11 heteroatoms. The molecule has 0 saturated carbocycles. The summed E-state index contributed by atoms with van der Waals surface area (Å²) in [5.74, 6) is -2.40. The third-order valence-corrected chi connectivity index (χ3v) is 5.57. The number of carboxylic acids is 1. The summed E-state index contributed by atoms with van der Waals surface area (Å²) in [5, 5.41) is 18.7. The Morgan fingerprint density at radius 3 is 2.26 bits per heavy atom. The molecule has 2 aromatic rings. The number of hydrogen-bond acceptors (Lipinski definition) is 5. The third-order valence-electron chi connectivity index (χ3n) is 5.57. The van der Waals surface area contributed by atoms with Gasteiger partial charge < -0.3 is 21.1 Å². The Morgan fingerprint density at radius 1 is 1.09 bits per heavy atom. The van der Waals surface area contributed by atoms with E-state index in [0.717, 1.165) is 10.5 Å². The Bertz CT molecular complexity index is 1090. The number of hydrogen-bond donors (Lipinski definition) is 4. The van der Waals surface area contributed by atoms with Gasteiger partial charge in [0.25, 0.3) is 5.91 Å². The van der Waals surface area contributed by atoms with E-state index in [-0.39, 0.29) is 37.8 Å². The molecule has 0 bridgehead atoms. The van der Waals surface area contributed by atoms with Crippen molar-refractivity contribution in [2.45, 2.75) is 25.4 Å². The molecule has 1 atom stereocenters. The Kier molecular flexibility index (Phi) is 8.36. The minimum Gasteiger partial charge on any atom is -0.481 e. The van der Waals surface area contributed by atoms with Gasteiger partial charge in [-0.1, -0.05) is 54.6 Å². The molecule has 0 spiro atoms.